The van der Waals surface area contributed by atoms with Gasteiger partial charge in [0, 0.05) is 16.8 Å². The number of oxazole rings is 1. The van der Waals surface area contributed by atoms with Gasteiger partial charge in [0.25, 0.3) is 0 Å². The van der Waals surface area contributed by atoms with Crippen molar-refractivity contribution >= 4 is 26.7 Å². The summed E-state index contributed by atoms with van der Waals surface area (Å²) in [7, 11) is 0. The molecule has 22 heavy (non-hydrogen) atoms. The Morgan fingerprint density at radius 1 is 1.05 bits per heavy atom. The highest BCUT2D eigenvalue weighted by atomic mass is 27.0. The smallest absolute Gasteiger partial charge is 0.355 e. The molecule has 5 heteroatoms. The summed E-state index contributed by atoms with van der Waals surface area (Å²) in [6.45, 7) is 1.91. The van der Waals surface area contributed by atoms with Gasteiger partial charge < -0.3 is 9.73 Å². The molecule has 3 rings (SSSR count). The lowest BCUT2D eigenvalue weighted by atomic mass is 10.1. The number of aromatic nitrogens is 1. The molecule has 0 saturated heterocycles. The number of rotatable bonds is 3. The summed E-state index contributed by atoms with van der Waals surface area (Å²) in [4.78, 5) is 15.7. The van der Waals surface area contributed by atoms with Crippen molar-refractivity contribution in [2.45, 2.75) is 6.92 Å². The van der Waals surface area contributed by atoms with E-state index in [-0.39, 0.29) is 4.77 Å². The second-order valence-corrected chi connectivity index (χ2v) is 5.96. The van der Waals surface area contributed by atoms with Gasteiger partial charge in [-0.05, 0) is 31.2 Å². The number of anilines is 1. The second-order valence-electron chi connectivity index (χ2n) is 5.05. The average molecular weight is 306 g/mol. The number of hydrogen-bond donors (Lipinski definition) is 1. The van der Waals surface area contributed by atoms with E-state index in [9.17, 15) is 4.79 Å². The van der Waals surface area contributed by atoms with E-state index in [1.54, 1.807) is 0 Å². The Hall–Kier alpha value is -2.35. The third-order valence-electron chi connectivity index (χ3n) is 3.30. The van der Waals surface area contributed by atoms with Crippen LogP contribution in [0.1, 0.15) is 5.76 Å². The zero-order chi connectivity index (χ0) is 15.5. The van der Waals surface area contributed by atoms with E-state index < -0.39 is 0 Å². The Bertz CT molecular complexity index is 795. The minimum Gasteiger partial charge on any atom is -0.441 e. The van der Waals surface area contributed by atoms with Crippen molar-refractivity contribution in [3.63, 3.8) is 0 Å². The van der Waals surface area contributed by atoms with Gasteiger partial charge in [-0.1, -0.05) is 30.3 Å². The molecule has 0 fully saturated rings. The van der Waals surface area contributed by atoms with Crippen LogP contribution in [-0.2, 0) is 0 Å². The van der Waals surface area contributed by atoms with Gasteiger partial charge in [0.2, 0.25) is 5.89 Å². The van der Waals surface area contributed by atoms with Crippen molar-refractivity contribution in [1.82, 2.24) is 4.98 Å². The summed E-state index contributed by atoms with van der Waals surface area (Å²) >= 11 is 0.485. The maximum atomic E-state index is 11.1. The topological polar surface area (TPSA) is 55.1 Å². The molecule has 0 aliphatic heterocycles. The predicted octanol–water partition coefficient (Wildman–Crippen LogP) is 3.48. The molecule has 1 N–H and O–H groups in total. The SMILES string of the molecule is Cc1oc(-c2ccc(N[C](=O)[AlH2])cc2)nc1-c1ccccc1. The van der Waals surface area contributed by atoms with Crippen LogP contribution in [0.25, 0.3) is 22.7 Å². The number of carbonyl (C=O) groups is 1. The van der Waals surface area contributed by atoms with Gasteiger partial charge in [0.1, 0.15) is 16.2 Å². The molecule has 0 radical (unpaired) electrons. The number of hydrogen-bond acceptors (Lipinski definition) is 3. The van der Waals surface area contributed by atoms with Crippen LogP contribution in [0.15, 0.2) is 59.0 Å². The van der Waals surface area contributed by atoms with Gasteiger partial charge in [-0.2, -0.15) is 0 Å². The molecule has 0 aliphatic carbocycles. The highest BCUT2D eigenvalue weighted by molar-refractivity contribution is 6.60. The lowest BCUT2D eigenvalue weighted by Crippen LogP contribution is -2.07. The fourth-order valence-electron chi connectivity index (χ4n) is 2.28. The summed E-state index contributed by atoms with van der Waals surface area (Å²) in [5.74, 6) is 1.37. The van der Waals surface area contributed by atoms with E-state index in [1.165, 1.54) is 0 Å². The van der Waals surface area contributed by atoms with Crippen LogP contribution in [0.2, 0.25) is 0 Å². The first-order chi connectivity index (χ1) is 10.6. The maximum Gasteiger partial charge on any atom is 0.355 e. The molecular weight excluding hydrogens is 291 g/mol. The third kappa shape index (κ3) is 3.11. The number of amides is 1. The largest absolute Gasteiger partial charge is 0.441 e. The standard InChI is InChI=1S/C17H13N2O2.Al.2H/c1-12-16(13-5-3-2-4-6-13)19-17(21-12)14-7-9-15(10-8-14)18-11-20;;;/h2-10H,1H3,(H,18,20);;;. The molecule has 1 aromatic heterocycles. The molecule has 1 amide bonds. The van der Waals surface area contributed by atoms with Crippen molar-refractivity contribution < 1.29 is 9.21 Å². The normalized spacial score (nSPS) is 10.4. The first-order valence-corrected chi connectivity index (χ1v) is 8.04. The van der Waals surface area contributed by atoms with Crippen LogP contribution in [0.5, 0.6) is 0 Å². The molecule has 0 spiro atoms. The first kappa shape index (κ1) is 14.6. The molecule has 0 atom stereocenters. The van der Waals surface area contributed by atoms with Crippen molar-refractivity contribution in [2.75, 3.05) is 5.32 Å². The molecular formula is C17H15AlN2O2. The maximum absolute atomic E-state index is 11.1. The van der Waals surface area contributed by atoms with Crippen LogP contribution in [-0.4, -0.2) is 26.0 Å². The van der Waals surface area contributed by atoms with Crippen LogP contribution in [0.3, 0.4) is 0 Å². The number of nitrogens with zero attached hydrogens (tertiary/aromatic N) is 1. The Kier molecular flexibility index (Phi) is 4.10. The van der Waals surface area contributed by atoms with E-state index in [0.29, 0.717) is 22.2 Å². The molecule has 3 aromatic rings. The first-order valence-electron chi connectivity index (χ1n) is 7.04. The Morgan fingerprint density at radius 3 is 2.36 bits per heavy atom. The summed E-state index contributed by atoms with van der Waals surface area (Å²) in [5.41, 5.74) is 3.56. The van der Waals surface area contributed by atoms with Gasteiger partial charge in [-0.3, -0.25) is 4.79 Å². The summed E-state index contributed by atoms with van der Waals surface area (Å²) < 4.78 is 5.83. The number of carbonyl (C=O) groups excluding carboxylic acids is 1. The molecule has 4 nitrogen and oxygen atoms in total. The molecule has 2 aromatic carbocycles. The van der Waals surface area contributed by atoms with Crippen LogP contribution >= 0.6 is 0 Å². The molecule has 1 heterocycles. The highest BCUT2D eigenvalue weighted by Gasteiger charge is 2.12. The minimum atomic E-state index is 0.0473. The average Bonchev–Trinajstić information content (AvgIpc) is 2.90. The van der Waals surface area contributed by atoms with E-state index in [1.807, 2.05) is 61.5 Å². The van der Waals surface area contributed by atoms with Crippen LogP contribution in [0, 0.1) is 6.92 Å². The van der Waals surface area contributed by atoms with Crippen molar-refractivity contribution in [1.29, 1.82) is 0 Å². The van der Waals surface area contributed by atoms with Crippen LogP contribution < -0.4 is 5.32 Å². The van der Waals surface area contributed by atoms with E-state index in [0.717, 1.165) is 28.3 Å². The Labute approximate surface area is 136 Å². The van der Waals surface area contributed by atoms with Gasteiger partial charge >= 0.3 is 16.3 Å². The lowest BCUT2D eigenvalue weighted by Gasteiger charge is -2.02. The second kappa shape index (κ2) is 6.19. The molecule has 0 unspecified atom stereocenters. The molecule has 0 bridgehead atoms. The van der Waals surface area contributed by atoms with Crippen molar-refractivity contribution in [2.24, 2.45) is 0 Å². The lowest BCUT2D eigenvalue weighted by molar-refractivity contribution is 0.269. The minimum absolute atomic E-state index is 0.0473. The molecule has 108 valence electrons. The predicted molar refractivity (Wildman–Crippen MR) is 89.7 cm³/mol. The number of benzene rings is 2. The van der Waals surface area contributed by atoms with Gasteiger partial charge in [-0.15, -0.1) is 0 Å². The van der Waals surface area contributed by atoms with Crippen molar-refractivity contribution in [3.8, 4) is 22.7 Å². The number of aryl methyl sites for hydroxylation is 1. The summed E-state index contributed by atoms with van der Waals surface area (Å²) in [6.07, 6.45) is 0. The fourth-order valence-corrected chi connectivity index (χ4v) is 2.57. The van der Waals surface area contributed by atoms with Gasteiger partial charge in [-0.25, -0.2) is 4.98 Å². The monoisotopic (exact) mass is 306 g/mol. The number of nitrogens with one attached hydrogen (secondary N) is 1. The van der Waals surface area contributed by atoms with Crippen LogP contribution in [0.4, 0.5) is 10.5 Å². The fraction of sp³-hybridized carbons (Fsp3) is 0.0588. The highest BCUT2D eigenvalue weighted by Crippen LogP contribution is 2.28. The Morgan fingerprint density at radius 2 is 1.73 bits per heavy atom. The zero-order valence-corrected chi connectivity index (χ0v) is 14.5. The van der Waals surface area contributed by atoms with E-state index in [2.05, 4.69) is 10.3 Å². The van der Waals surface area contributed by atoms with E-state index >= 15 is 0 Å². The van der Waals surface area contributed by atoms with E-state index in [4.69, 9.17) is 4.42 Å². The summed E-state index contributed by atoms with van der Waals surface area (Å²) in [5, 5.41) is 2.80. The van der Waals surface area contributed by atoms with Crippen molar-refractivity contribution in [3.05, 3.63) is 60.4 Å². The van der Waals surface area contributed by atoms with Gasteiger partial charge in [0.05, 0.1) is 0 Å². The Balaban J connectivity index is 1.91. The molecule has 0 saturated carbocycles. The third-order valence-corrected chi connectivity index (χ3v) is 3.55. The molecule has 0 aliphatic rings. The quantitative estimate of drug-likeness (QED) is 0.754. The zero-order valence-electron chi connectivity index (χ0n) is 12.5. The summed E-state index contributed by atoms with van der Waals surface area (Å²) in [6, 6.07) is 17.5. The van der Waals surface area contributed by atoms with Gasteiger partial charge in [0.15, 0.2) is 0 Å².